The molecule has 2 aliphatic carbocycles. The smallest absolute Gasteiger partial charge is 0.314 e. The van der Waals surface area contributed by atoms with Crippen molar-refractivity contribution in [3.05, 3.63) is 12.7 Å². The normalized spacial score (nSPS) is 26.6. The van der Waals surface area contributed by atoms with Gasteiger partial charge in [-0.1, -0.05) is 89.2 Å². The Morgan fingerprint density at radius 1 is 0.756 bits per heavy atom. The van der Waals surface area contributed by atoms with Gasteiger partial charge in [-0.3, -0.25) is 9.59 Å². The van der Waals surface area contributed by atoms with Crippen LogP contribution >= 0.6 is 0 Å². The molecule has 5 unspecified atom stereocenters. The number of hydrogen-bond acceptors (Lipinski definition) is 6. The maximum absolute atomic E-state index is 12.5. The molecule has 0 heterocycles. The quantitative estimate of drug-likeness (QED) is 0.102. The Balaban J connectivity index is 0.000000454. The van der Waals surface area contributed by atoms with E-state index in [1.165, 1.54) is 0 Å². The summed E-state index contributed by atoms with van der Waals surface area (Å²) in [4.78, 5) is 24.0. The molecule has 0 aromatic heterocycles. The molecule has 0 amide bonds. The highest BCUT2D eigenvalue weighted by Gasteiger charge is 2.54. The zero-order valence-electron chi connectivity index (χ0n) is 31.4. The van der Waals surface area contributed by atoms with Gasteiger partial charge in [-0.05, 0) is 85.6 Å². The number of aliphatic hydroxyl groups excluding tert-OH is 1. The summed E-state index contributed by atoms with van der Waals surface area (Å²) in [6, 6.07) is 0. The maximum atomic E-state index is 12.5. The van der Waals surface area contributed by atoms with Crippen molar-refractivity contribution in [2.75, 3.05) is 6.61 Å². The fourth-order valence-electron chi connectivity index (χ4n) is 9.13. The first-order chi connectivity index (χ1) is 20.7. The molecule has 45 heavy (non-hydrogen) atoms. The van der Waals surface area contributed by atoms with Gasteiger partial charge in [0.2, 0.25) is 16.6 Å². The number of aliphatic carboxylic acids is 1. The first-order valence-electron chi connectivity index (χ1n) is 17.7. The van der Waals surface area contributed by atoms with Crippen molar-refractivity contribution >= 4 is 28.6 Å². The van der Waals surface area contributed by atoms with Gasteiger partial charge in [-0.15, -0.1) is 6.58 Å². The Morgan fingerprint density at radius 2 is 1.13 bits per heavy atom. The Labute approximate surface area is 278 Å². The maximum Gasteiger partial charge on any atom is 0.314 e. The van der Waals surface area contributed by atoms with Crippen LogP contribution in [0.1, 0.15) is 135 Å². The van der Waals surface area contributed by atoms with Gasteiger partial charge in [0, 0.05) is 12.2 Å². The van der Waals surface area contributed by atoms with Crippen LogP contribution in [0.2, 0.25) is 33.2 Å². The van der Waals surface area contributed by atoms with E-state index >= 15 is 0 Å². The van der Waals surface area contributed by atoms with Crippen molar-refractivity contribution in [2.24, 2.45) is 10.8 Å². The minimum absolute atomic E-state index is 0.0443. The van der Waals surface area contributed by atoms with Gasteiger partial charge >= 0.3 is 11.9 Å². The second-order valence-corrected chi connectivity index (χ2v) is 26.6. The SMILES string of the molecule is C=CC1(C(=O)O)CCC(O[Si](C(C)C)(C(C)C)C(C)C)C1.CCOC(=O)C1(C(C)O)CCC(O[Si](C(C)C)(C(C)C)C(C)C)C1. The average Bonchev–Trinajstić information content (AvgIpc) is 3.55. The van der Waals surface area contributed by atoms with E-state index in [-0.39, 0.29) is 18.2 Å². The number of carbonyl (C=O) groups excluding carboxylic acids is 1. The van der Waals surface area contributed by atoms with Crippen LogP contribution in [0.15, 0.2) is 12.7 Å². The van der Waals surface area contributed by atoms with E-state index in [1.807, 2.05) is 6.92 Å². The molecule has 0 aromatic carbocycles. The molecule has 0 bridgehead atoms. The number of ether oxygens (including phenoxy) is 1. The first kappa shape index (κ1) is 42.0. The van der Waals surface area contributed by atoms with Crippen molar-refractivity contribution in [2.45, 2.75) is 187 Å². The fourth-order valence-corrected chi connectivity index (χ4v) is 20.3. The molecular formula is C36H70O7Si2. The van der Waals surface area contributed by atoms with Crippen LogP contribution in [0.4, 0.5) is 0 Å². The summed E-state index contributed by atoms with van der Waals surface area (Å²) in [5.41, 5.74) is 1.55. The molecule has 2 N–H and O–H groups in total. The monoisotopic (exact) mass is 670 g/mol. The number of rotatable bonds is 15. The Hall–Kier alpha value is -1.01. The van der Waals surface area contributed by atoms with E-state index in [0.717, 1.165) is 12.8 Å². The van der Waals surface area contributed by atoms with Crippen molar-refractivity contribution in [3.8, 4) is 0 Å². The van der Waals surface area contributed by atoms with E-state index < -0.39 is 39.5 Å². The van der Waals surface area contributed by atoms with Gasteiger partial charge < -0.3 is 23.8 Å². The van der Waals surface area contributed by atoms with Crippen molar-refractivity contribution in [3.63, 3.8) is 0 Å². The van der Waals surface area contributed by atoms with E-state index in [2.05, 4.69) is 89.7 Å². The van der Waals surface area contributed by atoms with Crippen LogP contribution in [0.3, 0.4) is 0 Å². The lowest BCUT2D eigenvalue weighted by Gasteiger charge is -2.44. The lowest BCUT2D eigenvalue weighted by atomic mass is 9.81. The van der Waals surface area contributed by atoms with Crippen molar-refractivity contribution in [1.82, 2.24) is 0 Å². The van der Waals surface area contributed by atoms with E-state index in [0.29, 0.717) is 65.5 Å². The molecule has 0 spiro atoms. The summed E-state index contributed by atoms with van der Waals surface area (Å²) in [7, 11) is -3.91. The zero-order valence-corrected chi connectivity index (χ0v) is 33.4. The number of esters is 1. The molecule has 264 valence electrons. The van der Waals surface area contributed by atoms with Crippen LogP contribution in [0.25, 0.3) is 0 Å². The summed E-state index contributed by atoms with van der Waals surface area (Å²) >= 11 is 0. The Morgan fingerprint density at radius 3 is 1.42 bits per heavy atom. The third-order valence-corrected chi connectivity index (χ3v) is 23.8. The predicted octanol–water partition coefficient (Wildman–Crippen LogP) is 9.65. The van der Waals surface area contributed by atoms with Gasteiger partial charge in [-0.25, -0.2) is 0 Å². The van der Waals surface area contributed by atoms with Gasteiger partial charge in [-0.2, -0.15) is 0 Å². The number of aliphatic hydroxyl groups is 1. The second-order valence-electron chi connectivity index (χ2n) is 15.8. The van der Waals surface area contributed by atoms with Crippen LogP contribution in [-0.4, -0.2) is 63.7 Å². The zero-order chi connectivity index (χ0) is 35.1. The first-order valence-corrected chi connectivity index (χ1v) is 22.0. The molecule has 9 heteroatoms. The molecule has 5 atom stereocenters. The average molecular weight is 671 g/mol. The molecule has 7 nitrogen and oxygen atoms in total. The molecular weight excluding hydrogens is 601 g/mol. The second kappa shape index (κ2) is 16.9. The van der Waals surface area contributed by atoms with Crippen LogP contribution in [-0.2, 0) is 23.2 Å². The number of carbonyl (C=O) groups is 2. The third kappa shape index (κ3) is 8.73. The number of carboxylic acid groups (broad SMARTS) is 1. The van der Waals surface area contributed by atoms with Crippen molar-refractivity contribution < 1.29 is 33.4 Å². The minimum Gasteiger partial charge on any atom is -0.481 e. The van der Waals surface area contributed by atoms with Gasteiger partial charge in [0.05, 0.1) is 23.5 Å². The van der Waals surface area contributed by atoms with Gasteiger partial charge in [0.25, 0.3) is 0 Å². The molecule has 2 aliphatic rings. The molecule has 0 aliphatic heterocycles. The molecule has 0 saturated heterocycles. The Bertz CT molecular complexity index is 918. The highest BCUT2D eigenvalue weighted by molar-refractivity contribution is 6.78. The minimum atomic E-state index is -1.98. The number of carboxylic acids is 1. The third-order valence-electron chi connectivity index (χ3n) is 11.5. The molecule has 2 rings (SSSR count). The summed E-state index contributed by atoms with van der Waals surface area (Å²) in [5.74, 6) is -1.02. The predicted molar refractivity (Wildman–Crippen MR) is 191 cm³/mol. The lowest BCUT2D eigenvalue weighted by molar-refractivity contribution is -0.162. The largest absolute Gasteiger partial charge is 0.481 e. The van der Waals surface area contributed by atoms with Crippen LogP contribution in [0.5, 0.6) is 0 Å². The fraction of sp³-hybridized carbons (Fsp3) is 0.889. The summed E-state index contributed by atoms with van der Waals surface area (Å²) in [6.07, 6.45) is 5.12. The van der Waals surface area contributed by atoms with Gasteiger partial charge in [0.15, 0.2) is 0 Å². The summed E-state index contributed by atoms with van der Waals surface area (Å²) in [6.45, 7) is 34.8. The molecule has 2 saturated carbocycles. The number of hydrogen-bond donors (Lipinski definition) is 2. The molecule has 0 radical (unpaired) electrons. The van der Waals surface area contributed by atoms with Crippen LogP contribution < -0.4 is 0 Å². The van der Waals surface area contributed by atoms with E-state index in [4.69, 9.17) is 13.6 Å². The van der Waals surface area contributed by atoms with Gasteiger partial charge in [0.1, 0.15) is 0 Å². The van der Waals surface area contributed by atoms with E-state index in [9.17, 15) is 19.8 Å². The lowest BCUT2D eigenvalue weighted by Crippen LogP contribution is -2.50. The van der Waals surface area contributed by atoms with E-state index in [1.54, 1.807) is 13.0 Å². The molecule has 2 fully saturated rings. The standard InChI is InChI=1S/C19H38O4Si.C17H32O3Si/c1-9-22-18(21)19(16(8)20)11-10-17(12-19)23-24(13(2)3,14(4)5)15(6)7;1-8-17(16(18)19)10-9-15(11-17)20-21(12(2)3,13(4)5)14(6)7/h13-17,20H,9-12H2,1-8H3;8,12-15H,1,9-11H2,2-7H3,(H,18,19). The topological polar surface area (TPSA) is 102 Å². The molecule has 0 aromatic rings. The summed E-state index contributed by atoms with van der Waals surface area (Å²) < 4.78 is 18.8. The Kier molecular flexibility index (Phi) is 15.8. The highest BCUT2D eigenvalue weighted by Crippen LogP contribution is 2.50. The highest BCUT2D eigenvalue weighted by atomic mass is 28.4. The van der Waals surface area contributed by atoms with Crippen LogP contribution in [0, 0.1) is 10.8 Å². The summed E-state index contributed by atoms with van der Waals surface area (Å²) in [5, 5.41) is 19.8. The van der Waals surface area contributed by atoms with Crippen molar-refractivity contribution in [1.29, 1.82) is 0 Å².